The molecule has 0 aromatic heterocycles. The van der Waals surface area contributed by atoms with Crippen molar-refractivity contribution in [1.29, 1.82) is 0 Å². The Labute approximate surface area is 53.1 Å². The Morgan fingerprint density at radius 3 is 2.25 bits per heavy atom. The zero-order valence-corrected chi connectivity index (χ0v) is 5.02. The van der Waals surface area contributed by atoms with Crippen molar-refractivity contribution in [2.75, 3.05) is 5.73 Å². The van der Waals surface area contributed by atoms with Crippen LogP contribution in [0.3, 0.4) is 0 Å². The molecule has 1 nitrogen and oxygen atoms in total. The summed E-state index contributed by atoms with van der Waals surface area (Å²) in [7, 11) is 0. The normalized spacial score (nSPS) is 9.12. The molecule has 1 rings (SSSR count). The molecule has 0 atom stereocenters. The quantitative estimate of drug-likeness (QED) is 0.419. The van der Waals surface area contributed by atoms with Crippen LogP contribution in [0.2, 0.25) is 5.02 Å². The maximum absolute atomic E-state index is 5.58. The maximum atomic E-state index is 5.58. The molecule has 0 saturated heterocycles. The van der Waals surface area contributed by atoms with E-state index in [0.717, 1.165) is 0 Å². The number of benzene rings is 1. The lowest BCUT2D eigenvalue weighted by molar-refractivity contribution is 1.68. The largest absolute Gasteiger partial charge is 0.398 e. The third-order valence-corrected chi connectivity index (χ3v) is 1.25. The standard InChI is InChI=1S/C6H6ClN/c7-5-3-1-2-4-6(5)8/h1-4H,8H2/i8+1. The van der Waals surface area contributed by atoms with Gasteiger partial charge in [0.25, 0.3) is 0 Å². The minimum Gasteiger partial charge on any atom is -0.398 e. The van der Waals surface area contributed by atoms with Crippen molar-refractivity contribution in [2.45, 2.75) is 0 Å². The summed E-state index contributed by atoms with van der Waals surface area (Å²) in [5.74, 6) is 0. The van der Waals surface area contributed by atoms with Crippen molar-refractivity contribution < 1.29 is 0 Å². The Morgan fingerprint density at radius 2 is 1.88 bits per heavy atom. The molecule has 0 radical (unpaired) electrons. The van der Waals surface area contributed by atoms with Crippen molar-refractivity contribution in [3.63, 3.8) is 0 Å². The van der Waals surface area contributed by atoms with Crippen LogP contribution in [0, 0.1) is 0 Å². The van der Waals surface area contributed by atoms with Crippen LogP contribution in [0.4, 0.5) is 5.69 Å². The Bertz CT molecular complexity index is 165. The maximum Gasteiger partial charge on any atom is 0.0635 e. The van der Waals surface area contributed by atoms with Gasteiger partial charge in [-0.3, -0.25) is 0 Å². The molecule has 0 bridgehead atoms. The van der Waals surface area contributed by atoms with E-state index in [2.05, 4.69) is 0 Å². The molecular weight excluding hydrogens is 123 g/mol. The highest BCUT2D eigenvalue weighted by atomic mass is 35.5. The fourth-order valence-electron chi connectivity index (χ4n) is 0.475. The number of nitrogens with two attached hydrogens (primary N) is 1. The van der Waals surface area contributed by atoms with Crippen LogP contribution in [-0.4, -0.2) is 0 Å². The van der Waals surface area contributed by atoms with Gasteiger partial charge in [-0.1, -0.05) is 23.7 Å². The lowest BCUT2D eigenvalue weighted by atomic mass is 10.3. The Balaban J connectivity index is 3.13. The lowest BCUT2D eigenvalue weighted by Crippen LogP contribution is -1.82. The van der Waals surface area contributed by atoms with E-state index in [1.807, 2.05) is 12.1 Å². The van der Waals surface area contributed by atoms with Crippen LogP contribution >= 0.6 is 11.6 Å². The minimum absolute atomic E-state index is 0.618. The molecule has 0 amide bonds. The fraction of sp³-hybridized carbons (Fsp3) is 0. The lowest BCUT2D eigenvalue weighted by Gasteiger charge is -1.91. The van der Waals surface area contributed by atoms with E-state index < -0.39 is 0 Å². The number of rotatable bonds is 0. The molecule has 0 fully saturated rings. The van der Waals surface area contributed by atoms with E-state index in [1.165, 1.54) is 0 Å². The first-order valence-corrected chi connectivity index (χ1v) is 2.68. The molecule has 2 heteroatoms. The van der Waals surface area contributed by atoms with E-state index in [4.69, 9.17) is 17.3 Å². The second-order valence-electron chi connectivity index (χ2n) is 1.52. The van der Waals surface area contributed by atoms with Gasteiger partial charge >= 0.3 is 0 Å². The summed E-state index contributed by atoms with van der Waals surface area (Å²) in [5, 5.41) is 0.618. The number of hydrogen-bond donors (Lipinski definition) is 1. The molecule has 2 N–H and O–H groups in total. The summed E-state index contributed by atoms with van der Waals surface area (Å²) in [6.45, 7) is 0. The van der Waals surface area contributed by atoms with Crippen LogP contribution in [0.25, 0.3) is 0 Å². The highest BCUT2D eigenvalue weighted by Gasteiger charge is 1.87. The summed E-state index contributed by atoms with van der Waals surface area (Å²) in [6.07, 6.45) is 0. The third kappa shape index (κ3) is 0.928. The molecule has 0 unspecified atom stereocenters. The van der Waals surface area contributed by atoms with Gasteiger partial charge in [-0.15, -0.1) is 0 Å². The van der Waals surface area contributed by atoms with Gasteiger partial charge in [-0.05, 0) is 12.1 Å². The van der Waals surface area contributed by atoms with Gasteiger partial charge in [0, 0.05) is 0 Å². The topological polar surface area (TPSA) is 26.0 Å². The second kappa shape index (κ2) is 2.05. The van der Waals surface area contributed by atoms with Gasteiger partial charge in [0.2, 0.25) is 0 Å². The smallest absolute Gasteiger partial charge is 0.0635 e. The summed E-state index contributed by atoms with van der Waals surface area (Å²) in [4.78, 5) is 0. The summed E-state index contributed by atoms with van der Waals surface area (Å²) >= 11 is 5.58. The van der Waals surface area contributed by atoms with Crippen molar-refractivity contribution in [3.8, 4) is 0 Å². The van der Waals surface area contributed by atoms with Gasteiger partial charge in [0.1, 0.15) is 0 Å². The monoisotopic (exact) mass is 128 g/mol. The van der Waals surface area contributed by atoms with Crippen molar-refractivity contribution in [1.82, 2.24) is 0 Å². The van der Waals surface area contributed by atoms with Crippen LogP contribution in [0.5, 0.6) is 0 Å². The van der Waals surface area contributed by atoms with Gasteiger partial charge < -0.3 is 5.73 Å². The van der Waals surface area contributed by atoms with E-state index in [1.54, 1.807) is 12.1 Å². The Hall–Kier alpha value is -0.690. The minimum atomic E-state index is 0.618. The number of nitrogen functional groups attached to an aromatic ring is 1. The first-order valence-electron chi connectivity index (χ1n) is 2.31. The van der Waals surface area contributed by atoms with Crippen molar-refractivity contribution in [2.24, 2.45) is 0 Å². The predicted octanol–water partition coefficient (Wildman–Crippen LogP) is 1.92. The van der Waals surface area contributed by atoms with Gasteiger partial charge in [0.15, 0.2) is 0 Å². The van der Waals surface area contributed by atoms with E-state index in [0.29, 0.717) is 10.7 Å². The van der Waals surface area contributed by atoms with Crippen LogP contribution in [0.1, 0.15) is 0 Å². The third-order valence-electron chi connectivity index (χ3n) is 0.905. The molecule has 0 aliphatic rings. The van der Waals surface area contributed by atoms with Crippen molar-refractivity contribution >= 4 is 17.3 Å². The summed E-state index contributed by atoms with van der Waals surface area (Å²) in [6, 6.07) is 7.22. The van der Waals surface area contributed by atoms with Gasteiger partial charge in [-0.25, -0.2) is 0 Å². The summed E-state index contributed by atoms with van der Waals surface area (Å²) in [5.41, 5.74) is 6.02. The zero-order chi connectivity index (χ0) is 5.98. The molecule has 42 valence electrons. The molecule has 8 heavy (non-hydrogen) atoms. The number of anilines is 1. The number of hydrogen-bond acceptors (Lipinski definition) is 1. The molecule has 1 aromatic carbocycles. The Kier molecular flexibility index (Phi) is 1.40. The first-order chi connectivity index (χ1) is 3.80. The molecule has 0 aliphatic carbocycles. The van der Waals surface area contributed by atoms with Crippen molar-refractivity contribution in [3.05, 3.63) is 29.3 Å². The molecule has 0 spiro atoms. The van der Waals surface area contributed by atoms with E-state index in [-0.39, 0.29) is 0 Å². The molecule has 1 aromatic rings. The molecular formula is C6H6ClN. The Morgan fingerprint density at radius 1 is 1.25 bits per heavy atom. The highest BCUT2D eigenvalue weighted by Crippen LogP contribution is 2.15. The second-order valence-corrected chi connectivity index (χ2v) is 1.93. The van der Waals surface area contributed by atoms with Gasteiger partial charge in [-0.2, -0.15) is 0 Å². The van der Waals surface area contributed by atoms with E-state index in [9.17, 15) is 0 Å². The SMILES string of the molecule is [15NH2]c1ccccc1Cl. The molecule has 0 aliphatic heterocycles. The molecule has 0 saturated carbocycles. The number of halogens is 1. The molecule has 0 heterocycles. The summed E-state index contributed by atoms with van der Waals surface area (Å²) < 4.78 is 0. The van der Waals surface area contributed by atoms with Crippen LogP contribution in [-0.2, 0) is 0 Å². The predicted molar refractivity (Wildman–Crippen MR) is 35.9 cm³/mol. The van der Waals surface area contributed by atoms with Gasteiger partial charge in [0.05, 0.1) is 10.7 Å². The van der Waals surface area contributed by atoms with E-state index >= 15 is 0 Å². The highest BCUT2D eigenvalue weighted by molar-refractivity contribution is 6.33. The first kappa shape index (κ1) is 5.45. The zero-order valence-electron chi connectivity index (χ0n) is 4.26. The fourth-order valence-corrected chi connectivity index (χ4v) is 0.611. The number of para-hydroxylation sites is 1. The average molecular weight is 129 g/mol. The average Bonchev–Trinajstić information content (AvgIpc) is 1.77. The van der Waals surface area contributed by atoms with Crippen LogP contribution < -0.4 is 5.73 Å². The van der Waals surface area contributed by atoms with Crippen LogP contribution in [0.15, 0.2) is 24.3 Å².